The van der Waals surface area contributed by atoms with Crippen molar-refractivity contribution in [2.75, 3.05) is 26.1 Å². The first-order chi connectivity index (χ1) is 16.3. The Morgan fingerprint density at radius 1 is 0.686 bits per heavy atom. The summed E-state index contributed by atoms with van der Waals surface area (Å²) in [6.45, 7) is 13.3. The molecule has 0 aliphatic heterocycles. The summed E-state index contributed by atoms with van der Waals surface area (Å²) in [5, 5.41) is 14.3. The van der Waals surface area contributed by atoms with Crippen LogP contribution in [0.1, 0.15) is 58.2 Å². The summed E-state index contributed by atoms with van der Waals surface area (Å²) >= 11 is 0. The van der Waals surface area contributed by atoms with Crippen LogP contribution in [0.4, 0.5) is 5.69 Å². The van der Waals surface area contributed by atoms with Crippen LogP contribution in [0.3, 0.4) is 0 Å². The highest BCUT2D eigenvalue weighted by molar-refractivity contribution is 5.88. The van der Waals surface area contributed by atoms with E-state index in [4.69, 9.17) is 4.74 Å². The maximum Gasteiger partial charge on any atom is 0.125 e. The van der Waals surface area contributed by atoms with Gasteiger partial charge in [-0.25, -0.2) is 0 Å². The van der Waals surface area contributed by atoms with Gasteiger partial charge in [0.2, 0.25) is 0 Å². The number of hydrogen-bond donors (Lipinski definition) is 1. The predicted molar refractivity (Wildman–Crippen MR) is 152 cm³/mol. The molecule has 0 saturated carbocycles. The number of anilines is 1. The second-order valence-corrected chi connectivity index (χ2v) is 11.5. The van der Waals surface area contributed by atoms with Crippen LogP contribution in [0.2, 0.25) is 0 Å². The molecule has 186 valence electrons. The number of nitrogens with zero attached hydrogens (tertiary/aromatic N) is 1. The summed E-state index contributed by atoms with van der Waals surface area (Å²) < 4.78 is 5.28. The molecule has 1 N–H and O–H groups in total. The molecule has 0 radical (unpaired) electrons. The number of rotatable bonds is 3. The Morgan fingerprint density at radius 2 is 1.20 bits per heavy atom. The van der Waals surface area contributed by atoms with Crippen LogP contribution in [0, 0.1) is 0 Å². The van der Waals surface area contributed by atoms with Crippen LogP contribution >= 0.6 is 0 Å². The quantitative estimate of drug-likeness (QED) is 0.330. The highest BCUT2D eigenvalue weighted by Gasteiger charge is 2.16. The van der Waals surface area contributed by atoms with Crippen LogP contribution in [0.5, 0.6) is 5.75 Å². The van der Waals surface area contributed by atoms with Crippen LogP contribution in [0.25, 0.3) is 21.5 Å². The van der Waals surface area contributed by atoms with Gasteiger partial charge in [-0.15, -0.1) is 0 Å². The zero-order valence-corrected chi connectivity index (χ0v) is 22.9. The smallest absolute Gasteiger partial charge is 0.125 e. The number of aliphatic hydroxyl groups excluding tert-OH is 1. The Morgan fingerprint density at radius 3 is 1.74 bits per heavy atom. The fraction of sp³-hybridized carbons (Fsp3) is 0.375. The van der Waals surface area contributed by atoms with Gasteiger partial charge in [-0.1, -0.05) is 90.1 Å². The third-order valence-corrected chi connectivity index (χ3v) is 6.54. The fourth-order valence-electron chi connectivity index (χ4n) is 4.17. The number of fused-ring (bicyclic) bond motifs is 2. The first-order valence-electron chi connectivity index (χ1n) is 12.3. The number of methoxy groups -OCH3 is 1. The van der Waals surface area contributed by atoms with Crippen molar-refractivity contribution in [1.29, 1.82) is 0 Å². The molecule has 3 nitrogen and oxygen atoms in total. The van der Waals surface area contributed by atoms with Crippen molar-refractivity contribution >= 4 is 27.2 Å². The molecule has 4 aromatic carbocycles. The molecule has 0 aromatic heterocycles. The number of aliphatic hydroxyl groups is 1. The van der Waals surface area contributed by atoms with E-state index in [1.165, 1.54) is 27.6 Å². The van der Waals surface area contributed by atoms with Crippen LogP contribution < -0.4 is 9.64 Å². The Balaban J connectivity index is 0.000000196. The van der Waals surface area contributed by atoms with Crippen LogP contribution in [-0.2, 0) is 17.4 Å². The van der Waals surface area contributed by atoms with E-state index in [0.29, 0.717) is 0 Å². The minimum atomic E-state index is -0.00459. The summed E-state index contributed by atoms with van der Waals surface area (Å²) in [5.41, 5.74) is 5.14. The lowest BCUT2D eigenvalue weighted by molar-refractivity contribution is 0.275. The van der Waals surface area contributed by atoms with Gasteiger partial charge in [0.25, 0.3) is 0 Å². The maximum absolute atomic E-state index is 9.50. The first kappa shape index (κ1) is 26.6. The molecule has 0 fully saturated rings. The lowest BCUT2D eigenvalue weighted by Crippen LogP contribution is -2.11. The lowest BCUT2D eigenvalue weighted by atomic mass is 9.85. The highest BCUT2D eigenvalue weighted by atomic mass is 16.5. The third-order valence-electron chi connectivity index (χ3n) is 6.54. The van der Waals surface area contributed by atoms with Gasteiger partial charge in [-0.3, -0.25) is 0 Å². The van der Waals surface area contributed by atoms with E-state index < -0.39 is 0 Å². The first-order valence-corrected chi connectivity index (χ1v) is 12.3. The summed E-state index contributed by atoms with van der Waals surface area (Å²) in [6.07, 6.45) is 0. The minimum absolute atomic E-state index is 0.00459. The van der Waals surface area contributed by atoms with Crippen molar-refractivity contribution in [3.8, 4) is 5.75 Å². The van der Waals surface area contributed by atoms with E-state index >= 15 is 0 Å². The average molecular weight is 472 g/mol. The van der Waals surface area contributed by atoms with Crippen molar-refractivity contribution in [1.82, 2.24) is 0 Å². The second-order valence-electron chi connectivity index (χ2n) is 11.5. The maximum atomic E-state index is 9.50. The number of hydrogen-bond acceptors (Lipinski definition) is 3. The molecule has 0 bridgehead atoms. The molecule has 0 aliphatic rings. The Labute approximate surface area is 211 Å². The van der Waals surface area contributed by atoms with Crippen molar-refractivity contribution < 1.29 is 9.84 Å². The zero-order chi connectivity index (χ0) is 26.0. The molecule has 4 aromatic rings. The van der Waals surface area contributed by atoms with Gasteiger partial charge >= 0.3 is 0 Å². The Kier molecular flexibility index (Phi) is 7.81. The standard InChI is InChI=1S/C16H21N.C16H20O2/c1-16(2,3)14-8-6-13-11-15(17(4)5)9-7-12(13)10-14;1-16(2,3)12-6-7-13-11(9-12)5-8-15(18-4)14(13)10-17/h6-11H,1-5H3;5-9,17H,10H2,1-4H3. The topological polar surface area (TPSA) is 32.7 Å². The molecule has 0 aliphatic carbocycles. The van der Waals surface area contributed by atoms with E-state index in [1.807, 2.05) is 12.1 Å². The number of benzene rings is 4. The van der Waals surface area contributed by atoms with Crippen molar-refractivity contribution in [3.63, 3.8) is 0 Å². The van der Waals surface area contributed by atoms with Gasteiger partial charge in [-0.05, 0) is 61.7 Å². The monoisotopic (exact) mass is 471 g/mol. The van der Waals surface area contributed by atoms with Crippen molar-refractivity contribution in [3.05, 3.63) is 83.4 Å². The van der Waals surface area contributed by atoms with Crippen LogP contribution in [-0.4, -0.2) is 26.3 Å². The van der Waals surface area contributed by atoms with Gasteiger partial charge < -0.3 is 14.7 Å². The van der Waals surface area contributed by atoms with E-state index in [-0.39, 0.29) is 17.4 Å². The van der Waals surface area contributed by atoms with E-state index in [1.54, 1.807) is 7.11 Å². The lowest BCUT2D eigenvalue weighted by Gasteiger charge is -2.20. The normalized spacial score (nSPS) is 11.8. The van der Waals surface area contributed by atoms with E-state index in [0.717, 1.165) is 22.1 Å². The van der Waals surface area contributed by atoms with Crippen molar-refractivity contribution in [2.24, 2.45) is 0 Å². The molecule has 0 amide bonds. The molecule has 0 spiro atoms. The molecule has 35 heavy (non-hydrogen) atoms. The van der Waals surface area contributed by atoms with Gasteiger partial charge in [0.1, 0.15) is 5.75 Å². The molecule has 0 unspecified atom stereocenters. The SMILES string of the molecule is CN(C)c1ccc2cc(C(C)(C)C)ccc2c1.COc1ccc2cc(C(C)(C)C)ccc2c1CO. The fourth-order valence-corrected chi connectivity index (χ4v) is 4.17. The van der Waals surface area contributed by atoms with Gasteiger partial charge in [0.05, 0.1) is 13.7 Å². The van der Waals surface area contributed by atoms with Gasteiger partial charge in [0, 0.05) is 25.3 Å². The van der Waals surface area contributed by atoms with E-state index in [2.05, 4.69) is 115 Å². The molecule has 0 heterocycles. The second kappa shape index (κ2) is 10.3. The minimum Gasteiger partial charge on any atom is -0.496 e. The van der Waals surface area contributed by atoms with Crippen molar-refractivity contribution in [2.45, 2.75) is 59.0 Å². The summed E-state index contributed by atoms with van der Waals surface area (Å²) in [5.74, 6) is 0.744. The van der Waals surface area contributed by atoms with Crippen LogP contribution in [0.15, 0.2) is 66.7 Å². The van der Waals surface area contributed by atoms with Gasteiger partial charge in [0.15, 0.2) is 0 Å². The summed E-state index contributed by atoms with van der Waals surface area (Å²) in [6, 6.07) is 23.7. The molecule has 0 atom stereocenters. The van der Waals surface area contributed by atoms with Gasteiger partial charge in [-0.2, -0.15) is 0 Å². The predicted octanol–water partition coefficient (Wildman–Crippen LogP) is 7.84. The molecule has 0 saturated heterocycles. The Hall–Kier alpha value is -3.04. The third kappa shape index (κ3) is 6.15. The Bertz CT molecular complexity index is 1310. The molecular formula is C32H41NO2. The average Bonchev–Trinajstić information content (AvgIpc) is 2.81. The molecule has 4 rings (SSSR count). The zero-order valence-electron chi connectivity index (χ0n) is 22.9. The summed E-state index contributed by atoms with van der Waals surface area (Å²) in [4.78, 5) is 2.14. The van der Waals surface area contributed by atoms with E-state index in [9.17, 15) is 5.11 Å². The highest BCUT2D eigenvalue weighted by Crippen LogP contribution is 2.32. The molecule has 3 heteroatoms. The largest absolute Gasteiger partial charge is 0.496 e. The molecular weight excluding hydrogens is 430 g/mol. The number of ether oxygens (including phenoxy) is 1. The summed E-state index contributed by atoms with van der Waals surface area (Å²) in [7, 11) is 5.78.